The summed E-state index contributed by atoms with van der Waals surface area (Å²) < 4.78 is 0. The van der Waals surface area contributed by atoms with E-state index in [-0.39, 0.29) is 17.0 Å². The second-order valence-electron chi connectivity index (χ2n) is 5.11. The van der Waals surface area contributed by atoms with Crippen molar-refractivity contribution in [1.29, 1.82) is 0 Å². The van der Waals surface area contributed by atoms with Gasteiger partial charge in [0.2, 0.25) is 0 Å². The minimum atomic E-state index is -0.758. The number of hydrogen-bond acceptors (Lipinski definition) is 4. The Labute approximate surface area is 117 Å². The third-order valence-corrected chi connectivity index (χ3v) is 3.80. The predicted molar refractivity (Wildman–Crippen MR) is 74.9 cm³/mol. The van der Waals surface area contributed by atoms with Crippen LogP contribution in [-0.4, -0.2) is 29.1 Å². The third-order valence-electron chi connectivity index (χ3n) is 3.80. The van der Waals surface area contributed by atoms with E-state index in [2.05, 4.69) is 0 Å². The second kappa shape index (κ2) is 6.36. The SMILES string of the molecule is O=C(O)CCC1CCN(c2ccccc2[N+](=O)[O-])CC1. The van der Waals surface area contributed by atoms with Crippen molar-refractivity contribution in [3.05, 3.63) is 34.4 Å². The molecule has 0 aliphatic carbocycles. The van der Waals surface area contributed by atoms with Gasteiger partial charge in [-0.2, -0.15) is 0 Å². The highest BCUT2D eigenvalue weighted by atomic mass is 16.6. The molecule has 2 rings (SSSR count). The van der Waals surface area contributed by atoms with E-state index < -0.39 is 5.97 Å². The summed E-state index contributed by atoms with van der Waals surface area (Å²) in [6.07, 6.45) is 2.68. The number of anilines is 1. The number of benzene rings is 1. The number of aliphatic carboxylic acids is 1. The number of carboxylic acids is 1. The van der Waals surface area contributed by atoms with Crippen molar-refractivity contribution >= 4 is 17.3 Å². The van der Waals surface area contributed by atoms with E-state index in [1.807, 2.05) is 4.90 Å². The minimum absolute atomic E-state index is 0.136. The lowest BCUT2D eigenvalue weighted by molar-refractivity contribution is -0.384. The zero-order chi connectivity index (χ0) is 14.5. The van der Waals surface area contributed by atoms with E-state index >= 15 is 0 Å². The molecule has 108 valence electrons. The van der Waals surface area contributed by atoms with Crippen molar-refractivity contribution in [2.24, 2.45) is 5.92 Å². The van der Waals surface area contributed by atoms with E-state index in [1.165, 1.54) is 6.07 Å². The lowest BCUT2D eigenvalue weighted by atomic mass is 9.92. The van der Waals surface area contributed by atoms with Crippen molar-refractivity contribution in [3.63, 3.8) is 0 Å². The Bertz CT molecular complexity index is 496. The molecule has 1 aliphatic rings. The molecular weight excluding hydrogens is 260 g/mol. The highest BCUT2D eigenvalue weighted by molar-refractivity contribution is 5.66. The van der Waals surface area contributed by atoms with Crippen LogP contribution in [0.3, 0.4) is 0 Å². The average Bonchev–Trinajstić information content (AvgIpc) is 2.45. The summed E-state index contributed by atoms with van der Waals surface area (Å²) in [7, 11) is 0. The summed E-state index contributed by atoms with van der Waals surface area (Å²) in [4.78, 5) is 23.2. The van der Waals surface area contributed by atoms with Gasteiger partial charge in [-0.3, -0.25) is 14.9 Å². The molecule has 1 aromatic rings. The molecule has 1 fully saturated rings. The van der Waals surface area contributed by atoms with E-state index in [4.69, 9.17) is 5.11 Å². The predicted octanol–water partition coefficient (Wildman–Crippen LogP) is 2.68. The molecule has 0 spiro atoms. The first-order valence-electron chi connectivity index (χ1n) is 6.78. The molecule has 1 saturated heterocycles. The van der Waals surface area contributed by atoms with Crippen LogP contribution >= 0.6 is 0 Å². The molecule has 0 saturated carbocycles. The molecule has 1 aromatic carbocycles. The van der Waals surface area contributed by atoms with E-state index in [0.717, 1.165) is 25.9 Å². The molecular formula is C14H18N2O4. The molecule has 0 unspecified atom stereocenters. The van der Waals surface area contributed by atoms with Gasteiger partial charge in [0.25, 0.3) is 5.69 Å². The largest absolute Gasteiger partial charge is 0.481 e. The molecule has 0 amide bonds. The Morgan fingerprint density at radius 1 is 1.35 bits per heavy atom. The summed E-state index contributed by atoms with van der Waals surface area (Å²) in [6, 6.07) is 6.77. The lowest BCUT2D eigenvalue weighted by Crippen LogP contribution is -2.34. The van der Waals surface area contributed by atoms with Crippen LogP contribution in [0.1, 0.15) is 25.7 Å². The van der Waals surface area contributed by atoms with Crippen LogP contribution in [0, 0.1) is 16.0 Å². The number of para-hydroxylation sites is 2. The highest BCUT2D eigenvalue weighted by Gasteiger charge is 2.24. The van der Waals surface area contributed by atoms with Gasteiger partial charge in [-0.15, -0.1) is 0 Å². The number of rotatable bonds is 5. The average molecular weight is 278 g/mol. The maximum absolute atomic E-state index is 11.0. The second-order valence-corrected chi connectivity index (χ2v) is 5.11. The van der Waals surface area contributed by atoms with Gasteiger partial charge in [0, 0.05) is 25.6 Å². The molecule has 6 heteroatoms. The Balaban J connectivity index is 1.97. The van der Waals surface area contributed by atoms with Crippen LogP contribution in [0.5, 0.6) is 0 Å². The van der Waals surface area contributed by atoms with Gasteiger partial charge in [0.15, 0.2) is 0 Å². The number of hydrogen-bond donors (Lipinski definition) is 1. The molecule has 1 N–H and O–H groups in total. The monoisotopic (exact) mass is 278 g/mol. The first-order valence-corrected chi connectivity index (χ1v) is 6.78. The number of piperidine rings is 1. The summed E-state index contributed by atoms with van der Waals surface area (Å²) in [5.74, 6) is -0.351. The summed E-state index contributed by atoms with van der Waals surface area (Å²) in [5, 5.41) is 19.7. The topological polar surface area (TPSA) is 83.7 Å². The number of nitrogens with zero attached hydrogens (tertiary/aromatic N) is 2. The summed E-state index contributed by atoms with van der Waals surface area (Å²) in [6.45, 7) is 1.49. The Kier molecular flexibility index (Phi) is 4.55. The van der Waals surface area contributed by atoms with Crippen molar-refractivity contribution in [1.82, 2.24) is 0 Å². The maximum Gasteiger partial charge on any atom is 0.303 e. The van der Waals surface area contributed by atoms with Crippen LogP contribution in [0.4, 0.5) is 11.4 Å². The molecule has 0 radical (unpaired) electrons. The fourth-order valence-corrected chi connectivity index (χ4v) is 2.68. The van der Waals surface area contributed by atoms with Crippen molar-refractivity contribution in [2.75, 3.05) is 18.0 Å². The smallest absolute Gasteiger partial charge is 0.303 e. The Morgan fingerprint density at radius 3 is 2.60 bits per heavy atom. The standard InChI is InChI=1S/C14H18N2O4/c17-14(18)6-5-11-7-9-15(10-8-11)12-3-1-2-4-13(12)16(19)20/h1-4,11H,5-10H2,(H,17,18). The molecule has 1 heterocycles. The van der Waals surface area contributed by atoms with Gasteiger partial charge in [-0.05, 0) is 31.2 Å². The Hall–Kier alpha value is -2.11. The van der Waals surface area contributed by atoms with Crippen LogP contribution in [0.15, 0.2) is 24.3 Å². The number of carbonyl (C=O) groups is 1. The fraction of sp³-hybridized carbons (Fsp3) is 0.500. The summed E-state index contributed by atoms with van der Waals surface area (Å²) in [5.41, 5.74) is 0.797. The molecule has 0 bridgehead atoms. The molecule has 6 nitrogen and oxygen atoms in total. The van der Waals surface area contributed by atoms with Crippen LogP contribution in [0.25, 0.3) is 0 Å². The first-order chi connectivity index (χ1) is 9.58. The zero-order valence-corrected chi connectivity index (χ0v) is 11.2. The summed E-state index contributed by atoms with van der Waals surface area (Å²) >= 11 is 0. The van der Waals surface area contributed by atoms with Crippen LogP contribution in [0.2, 0.25) is 0 Å². The van der Waals surface area contributed by atoms with Gasteiger partial charge in [-0.25, -0.2) is 0 Å². The fourth-order valence-electron chi connectivity index (χ4n) is 2.68. The highest BCUT2D eigenvalue weighted by Crippen LogP contribution is 2.32. The van der Waals surface area contributed by atoms with E-state index in [0.29, 0.717) is 18.0 Å². The Morgan fingerprint density at radius 2 is 2.00 bits per heavy atom. The van der Waals surface area contributed by atoms with E-state index in [1.54, 1.807) is 18.2 Å². The van der Waals surface area contributed by atoms with Crippen molar-refractivity contribution < 1.29 is 14.8 Å². The quantitative estimate of drug-likeness (QED) is 0.661. The lowest BCUT2D eigenvalue weighted by Gasteiger charge is -2.33. The maximum atomic E-state index is 11.0. The normalized spacial score (nSPS) is 16.1. The van der Waals surface area contributed by atoms with E-state index in [9.17, 15) is 14.9 Å². The number of carboxylic acid groups (broad SMARTS) is 1. The van der Waals surface area contributed by atoms with Crippen LogP contribution in [-0.2, 0) is 4.79 Å². The molecule has 0 aromatic heterocycles. The molecule has 20 heavy (non-hydrogen) atoms. The first kappa shape index (κ1) is 14.3. The van der Waals surface area contributed by atoms with Gasteiger partial charge < -0.3 is 10.0 Å². The number of nitro benzene ring substituents is 1. The number of nitro groups is 1. The van der Waals surface area contributed by atoms with Crippen molar-refractivity contribution in [2.45, 2.75) is 25.7 Å². The van der Waals surface area contributed by atoms with Crippen molar-refractivity contribution in [3.8, 4) is 0 Å². The van der Waals surface area contributed by atoms with Crippen LogP contribution < -0.4 is 4.90 Å². The molecule has 0 atom stereocenters. The van der Waals surface area contributed by atoms with Gasteiger partial charge in [0.1, 0.15) is 5.69 Å². The minimum Gasteiger partial charge on any atom is -0.481 e. The molecule has 1 aliphatic heterocycles. The van der Waals surface area contributed by atoms with Gasteiger partial charge >= 0.3 is 5.97 Å². The van der Waals surface area contributed by atoms with Gasteiger partial charge in [0.05, 0.1) is 4.92 Å². The zero-order valence-electron chi connectivity index (χ0n) is 11.2. The van der Waals surface area contributed by atoms with Gasteiger partial charge in [-0.1, -0.05) is 12.1 Å². The third kappa shape index (κ3) is 3.46.